The number of rotatable bonds is 4. The van der Waals surface area contributed by atoms with E-state index in [0.717, 1.165) is 35.0 Å². The molecule has 0 saturated heterocycles. The number of nitrogens with zero attached hydrogens (tertiary/aromatic N) is 3. The van der Waals surface area contributed by atoms with Crippen molar-refractivity contribution in [2.24, 2.45) is 0 Å². The third kappa shape index (κ3) is 2.47. The number of hydrogen-bond donors (Lipinski definition) is 1. The Balaban J connectivity index is 1.72. The Kier molecular flexibility index (Phi) is 3.45. The molecule has 0 aromatic carbocycles. The zero-order valence-corrected chi connectivity index (χ0v) is 12.6. The van der Waals surface area contributed by atoms with E-state index in [1.165, 1.54) is 6.42 Å². The number of fused-ring (bicyclic) bond motifs is 1. The summed E-state index contributed by atoms with van der Waals surface area (Å²) in [6, 6.07) is 4.17. The van der Waals surface area contributed by atoms with E-state index in [-0.39, 0.29) is 12.1 Å². The monoisotopic (exact) mass is 324 g/mol. The minimum absolute atomic E-state index is 0.135. The van der Waals surface area contributed by atoms with Crippen LogP contribution in [0.4, 0.5) is 0 Å². The van der Waals surface area contributed by atoms with Crippen molar-refractivity contribution >= 4 is 15.9 Å². The van der Waals surface area contributed by atoms with E-state index in [2.05, 4.69) is 49.9 Å². The molecule has 6 heteroatoms. The summed E-state index contributed by atoms with van der Waals surface area (Å²) in [5.41, 5.74) is 0. The van der Waals surface area contributed by atoms with Gasteiger partial charge in [0.15, 0.2) is 4.67 Å². The molecule has 2 aromatic heterocycles. The molecule has 1 aliphatic heterocycles. The Morgan fingerprint density at radius 1 is 1.32 bits per heavy atom. The molecule has 2 aromatic rings. The molecule has 1 aliphatic rings. The van der Waals surface area contributed by atoms with Crippen molar-refractivity contribution in [2.45, 2.75) is 45.3 Å². The first-order valence-corrected chi connectivity index (χ1v) is 7.37. The van der Waals surface area contributed by atoms with Gasteiger partial charge in [-0.1, -0.05) is 0 Å². The summed E-state index contributed by atoms with van der Waals surface area (Å²) in [6.07, 6.45) is 2.21. The van der Waals surface area contributed by atoms with Crippen molar-refractivity contribution in [2.75, 3.05) is 0 Å². The second-order valence-corrected chi connectivity index (χ2v) is 5.76. The van der Waals surface area contributed by atoms with Gasteiger partial charge in [-0.25, -0.2) is 0 Å². The Morgan fingerprint density at radius 3 is 2.89 bits per heavy atom. The van der Waals surface area contributed by atoms with Crippen LogP contribution < -0.4 is 5.32 Å². The van der Waals surface area contributed by atoms with E-state index in [1.54, 1.807) is 0 Å². The van der Waals surface area contributed by atoms with Crippen LogP contribution in [0, 0.1) is 0 Å². The summed E-state index contributed by atoms with van der Waals surface area (Å²) in [7, 11) is 0. The second kappa shape index (κ2) is 5.09. The van der Waals surface area contributed by atoms with Crippen molar-refractivity contribution in [3.8, 4) is 0 Å². The van der Waals surface area contributed by atoms with Crippen LogP contribution in [-0.4, -0.2) is 14.8 Å². The van der Waals surface area contributed by atoms with E-state index < -0.39 is 0 Å². The molecular weight excluding hydrogens is 308 g/mol. The molecule has 5 nitrogen and oxygen atoms in total. The largest absolute Gasteiger partial charge is 0.453 e. The fraction of sp³-hybridized carbons (Fsp3) is 0.538. The van der Waals surface area contributed by atoms with Crippen molar-refractivity contribution in [1.29, 1.82) is 0 Å². The van der Waals surface area contributed by atoms with Gasteiger partial charge in [0.05, 0.1) is 12.1 Å². The van der Waals surface area contributed by atoms with Gasteiger partial charge in [0.2, 0.25) is 0 Å². The normalized spacial score (nSPS) is 17.4. The Hall–Kier alpha value is -1.14. The predicted molar refractivity (Wildman–Crippen MR) is 74.7 cm³/mol. The lowest BCUT2D eigenvalue weighted by molar-refractivity contribution is 0.383. The first-order chi connectivity index (χ1) is 9.15. The maximum atomic E-state index is 5.57. The number of nitrogens with one attached hydrogen (secondary N) is 1. The molecule has 0 amide bonds. The van der Waals surface area contributed by atoms with E-state index in [4.69, 9.17) is 4.42 Å². The van der Waals surface area contributed by atoms with E-state index in [1.807, 2.05) is 12.1 Å². The van der Waals surface area contributed by atoms with Crippen LogP contribution in [0.1, 0.15) is 49.8 Å². The quantitative estimate of drug-likeness (QED) is 0.939. The van der Waals surface area contributed by atoms with Gasteiger partial charge in [-0.3, -0.25) is 5.32 Å². The minimum atomic E-state index is 0.135. The molecule has 0 bridgehead atoms. The van der Waals surface area contributed by atoms with E-state index in [9.17, 15) is 0 Å². The molecule has 3 heterocycles. The van der Waals surface area contributed by atoms with Crippen LogP contribution in [0.3, 0.4) is 0 Å². The molecule has 0 radical (unpaired) electrons. The highest BCUT2D eigenvalue weighted by atomic mass is 79.9. The van der Waals surface area contributed by atoms with Gasteiger partial charge in [0.25, 0.3) is 0 Å². The third-order valence-electron chi connectivity index (χ3n) is 3.55. The molecule has 2 atom stereocenters. The molecule has 0 aliphatic carbocycles. The van der Waals surface area contributed by atoms with Gasteiger partial charge >= 0.3 is 0 Å². The molecule has 102 valence electrons. The fourth-order valence-electron chi connectivity index (χ4n) is 2.59. The lowest BCUT2D eigenvalue weighted by Gasteiger charge is -2.18. The van der Waals surface area contributed by atoms with Crippen LogP contribution >= 0.6 is 15.9 Å². The number of furan rings is 1. The smallest absolute Gasteiger partial charge is 0.169 e. The fourth-order valence-corrected chi connectivity index (χ4v) is 2.91. The Bertz CT molecular complexity index is 577. The maximum absolute atomic E-state index is 5.57. The van der Waals surface area contributed by atoms with Crippen LogP contribution in [0.5, 0.6) is 0 Å². The standard InChI is InChI=1S/C13H17BrN4O/c1-8(10-5-6-11(14)19-10)15-9(2)13-17-16-12-4-3-7-18(12)13/h5-6,8-9,15H,3-4,7H2,1-2H3. The van der Waals surface area contributed by atoms with Crippen LogP contribution in [0.25, 0.3) is 0 Å². The van der Waals surface area contributed by atoms with E-state index >= 15 is 0 Å². The summed E-state index contributed by atoms with van der Waals surface area (Å²) >= 11 is 3.33. The summed E-state index contributed by atoms with van der Waals surface area (Å²) in [4.78, 5) is 0. The molecule has 2 unspecified atom stereocenters. The Labute approximate surface area is 120 Å². The molecule has 0 spiro atoms. The maximum Gasteiger partial charge on any atom is 0.169 e. The average Bonchev–Trinajstić information content (AvgIpc) is 3.02. The molecule has 0 saturated carbocycles. The zero-order valence-electron chi connectivity index (χ0n) is 11.1. The summed E-state index contributed by atoms with van der Waals surface area (Å²) < 4.78 is 8.55. The molecule has 3 rings (SSSR count). The highest BCUT2D eigenvalue weighted by molar-refractivity contribution is 9.10. The van der Waals surface area contributed by atoms with Crippen molar-refractivity contribution < 1.29 is 4.42 Å². The second-order valence-electron chi connectivity index (χ2n) is 4.98. The number of hydrogen-bond acceptors (Lipinski definition) is 4. The molecule has 19 heavy (non-hydrogen) atoms. The highest BCUT2D eigenvalue weighted by Gasteiger charge is 2.23. The van der Waals surface area contributed by atoms with E-state index in [0.29, 0.717) is 0 Å². The van der Waals surface area contributed by atoms with Gasteiger partial charge < -0.3 is 8.98 Å². The van der Waals surface area contributed by atoms with Crippen LogP contribution in [0.15, 0.2) is 21.2 Å². The number of halogens is 1. The van der Waals surface area contributed by atoms with Gasteiger partial charge in [-0.05, 0) is 48.3 Å². The zero-order chi connectivity index (χ0) is 13.4. The van der Waals surface area contributed by atoms with Crippen molar-refractivity contribution in [1.82, 2.24) is 20.1 Å². The highest BCUT2D eigenvalue weighted by Crippen LogP contribution is 2.24. The van der Waals surface area contributed by atoms with Gasteiger partial charge in [-0.2, -0.15) is 0 Å². The minimum Gasteiger partial charge on any atom is -0.453 e. The SMILES string of the molecule is CC(NC(C)c1nnc2n1CCC2)c1ccc(Br)o1. The van der Waals surface area contributed by atoms with Gasteiger partial charge in [0, 0.05) is 13.0 Å². The lowest BCUT2D eigenvalue weighted by Crippen LogP contribution is -2.24. The van der Waals surface area contributed by atoms with Gasteiger partial charge in [0.1, 0.15) is 17.4 Å². The van der Waals surface area contributed by atoms with Crippen molar-refractivity contribution in [3.63, 3.8) is 0 Å². The number of aromatic nitrogens is 3. The first-order valence-electron chi connectivity index (χ1n) is 6.58. The van der Waals surface area contributed by atoms with Crippen molar-refractivity contribution in [3.05, 3.63) is 34.2 Å². The average molecular weight is 325 g/mol. The van der Waals surface area contributed by atoms with Crippen LogP contribution in [0.2, 0.25) is 0 Å². The predicted octanol–water partition coefficient (Wildman–Crippen LogP) is 2.99. The molecule has 1 N–H and O–H groups in total. The summed E-state index contributed by atoms with van der Waals surface area (Å²) in [6.45, 7) is 5.23. The Morgan fingerprint density at radius 2 is 2.16 bits per heavy atom. The summed E-state index contributed by atoms with van der Waals surface area (Å²) in [5.74, 6) is 3.04. The first kappa shape index (κ1) is 12.9. The lowest BCUT2D eigenvalue weighted by atomic mass is 10.2. The summed E-state index contributed by atoms with van der Waals surface area (Å²) in [5, 5.41) is 12.0. The third-order valence-corrected chi connectivity index (χ3v) is 3.97. The molecule has 0 fully saturated rings. The van der Waals surface area contributed by atoms with Gasteiger partial charge in [-0.15, -0.1) is 10.2 Å². The number of aryl methyl sites for hydroxylation is 1. The molecular formula is C13H17BrN4O. The topological polar surface area (TPSA) is 55.9 Å². The van der Waals surface area contributed by atoms with Crippen LogP contribution in [-0.2, 0) is 13.0 Å².